The number of rotatable bonds is 3. The van der Waals surface area contributed by atoms with Gasteiger partial charge in [0.25, 0.3) is 0 Å². The lowest BCUT2D eigenvalue weighted by Crippen LogP contribution is -2.15. The summed E-state index contributed by atoms with van der Waals surface area (Å²) < 4.78 is 16.0. The van der Waals surface area contributed by atoms with Crippen LogP contribution in [-0.2, 0) is 0 Å². The standard InChI is InChI=1S/C14H14BrFN2O/c1-8(2)18-13(11(15)7-17-18)14(19)10-6-9(3)4-5-12(10)16/h4-8H,1-3H3. The fraction of sp³-hybridized carbons (Fsp3) is 0.286. The summed E-state index contributed by atoms with van der Waals surface area (Å²) in [5.74, 6) is -0.877. The number of aryl methyl sites for hydroxylation is 1. The van der Waals surface area contributed by atoms with Crippen LogP contribution in [0.3, 0.4) is 0 Å². The molecule has 0 saturated carbocycles. The van der Waals surface area contributed by atoms with Crippen molar-refractivity contribution in [2.24, 2.45) is 0 Å². The molecule has 0 aliphatic carbocycles. The molecule has 0 N–H and O–H groups in total. The van der Waals surface area contributed by atoms with Gasteiger partial charge in [0.1, 0.15) is 11.5 Å². The van der Waals surface area contributed by atoms with Crippen LogP contribution in [-0.4, -0.2) is 15.6 Å². The molecule has 0 spiro atoms. The maximum atomic E-state index is 13.8. The van der Waals surface area contributed by atoms with E-state index < -0.39 is 5.82 Å². The zero-order valence-electron chi connectivity index (χ0n) is 10.9. The SMILES string of the molecule is Cc1ccc(F)c(C(=O)c2c(Br)cnn2C(C)C)c1. The maximum absolute atomic E-state index is 13.8. The van der Waals surface area contributed by atoms with Crippen LogP contribution in [0.5, 0.6) is 0 Å². The van der Waals surface area contributed by atoms with Crippen molar-refractivity contribution in [1.82, 2.24) is 9.78 Å². The van der Waals surface area contributed by atoms with Gasteiger partial charge < -0.3 is 0 Å². The molecule has 0 bridgehead atoms. The molecule has 0 amide bonds. The first-order chi connectivity index (χ1) is 8.91. The molecule has 5 heteroatoms. The Kier molecular flexibility index (Phi) is 3.85. The van der Waals surface area contributed by atoms with E-state index in [-0.39, 0.29) is 17.4 Å². The molecule has 2 aromatic rings. The van der Waals surface area contributed by atoms with E-state index in [0.717, 1.165) is 5.56 Å². The van der Waals surface area contributed by atoms with E-state index in [9.17, 15) is 9.18 Å². The Morgan fingerprint density at radius 1 is 1.42 bits per heavy atom. The third kappa shape index (κ3) is 2.61. The second kappa shape index (κ2) is 5.25. The molecule has 0 saturated heterocycles. The van der Waals surface area contributed by atoms with E-state index >= 15 is 0 Å². The van der Waals surface area contributed by atoms with Crippen molar-refractivity contribution in [2.45, 2.75) is 26.8 Å². The minimum atomic E-state index is -0.515. The van der Waals surface area contributed by atoms with E-state index in [4.69, 9.17) is 0 Å². The molecule has 0 atom stereocenters. The molecular weight excluding hydrogens is 311 g/mol. The average molecular weight is 325 g/mol. The third-order valence-electron chi connectivity index (χ3n) is 2.82. The summed E-state index contributed by atoms with van der Waals surface area (Å²) in [6.07, 6.45) is 1.56. The molecule has 1 aromatic carbocycles. The average Bonchev–Trinajstić information content (AvgIpc) is 2.73. The fourth-order valence-electron chi connectivity index (χ4n) is 1.89. The van der Waals surface area contributed by atoms with Gasteiger partial charge in [-0.05, 0) is 48.8 Å². The lowest BCUT2D eigenvalue weighted by atomic mass is 10.0. The molecule has 0 fully saturated rings. The second-order valence-electron chi connectivity index (χ2n) is 4.69. The number of benzene rings is 1. The van der Waals surface area contributed by atoms with Gasteiger partial charge in [0.15, 0.2) is 0 Å². The van der Waals surface area contributed by atoms with Crippen LogP contribution < -0.4 is 0 Å². The quantitative estimate of drug-likeness (QED) is 0.802. The second-order valence-corrected chi connectivity index (χ2v) is 5.55. The van der Waals surface area contributed by atoms with Crippen molar-refractivity contribution < 1.29 is 9.18 Å². The smallest absolute Gasteiger partial charge is 0.215 e. The Hall–Kier alpha value is -1.49. The predicted molar refractivity (Wildman–Crippen MR) is 74.9 cm³/mol. The Balaban J connectivity index is 2.56. The van der Waals surface area contributed by atoms with Crippen molar-refractivity contribution in [1.29, 1.82) is 0 Å². The Morgan fingerprint density at radius 3 is 2.74 bits per heavy atom. The van der Waals surface area contributed by atoms with Crippen molar-refractivity contribution in [3.8, 4) is 0 Å². The first-order valence-corrected chi connectivity index (χ1v) is 6.75. The van der Waals surface area contributed by atoms with Gasteiger partial charge in [-0.25, -0.2) is 4.39 Å². The number of nitrogens with zero attached hydrogens (tertiary/aromatic N) is 2. The number of carbonyl (C=O) groups excluding carboxylic acids is 1. The van der Waals surface area contributed by atoms with Gasteiger partial charge in [0, 0.05) is 6.04 Å². The van der Waals surface area contributed by atoms with Crippen LogP contribution in [0.1, 0.15) is 41.5 Å². The van der Waals surface area contributed by atoms with Crippen LogP contribution in [0.2, 0.25) is 0 Å². The molecular formula is C14H14BrFN2O. The summed E-state index contributed by atoms with van der Waals surface area (Å²) in [6, 6.07) is 4.54. The number of carbonyl (C=O) groups is 1. The molecule has 2 rings (SSSR count). The van der Waals surface area contributed by atoms with Gasteiger partial charge in [0.05, 0.1) is 16.2 Å². The van der Waals surface area contributed by atoms with Gasteiger partial charge >= 0.3 is 0 Å². The zero-order chi connectivity index (χ0) is 14.2. The monoisotopic (exact) mass is 324 g/mol. The highest BCUT2D eigenvalue weighted by Crippen LogP contribution is 2.24. The summed E-state index contributed by atoms with van der Waals surface area (Å²) in [5, 5.41) is 4.14. The molecule has 0 radical (unpaired) electrons. The van der Waals surface area contributed by atoms with Gasteiger partial charge in [-0.1, -0.05) is 11.6 Å². The molecule has 100 valence electrons. The summed E-state index contributed by atoms with van der Waals surface area (Å²) in [5.41, 5.74) is 1.29. The molecule has 0 unspecified atom stereocenters. The van der Waals surface area contributed by atoms with Crippen molar-refractivity contribution >= 4 is 21.7 Å². The number of hydrogen-bond acceptors (Lipinski definition) is 2. The summed E-state index contributed by atoms with van der Waals surface area (Å²) in [6.45, 7) is 5.66. The van der Waals surface area contributed by atoms with Crippen molar-refractivity contribution in [3.05, 3.63) is 51.5 Å². The predicted octanol–water partition coefficient (Wildman–Crippen LogP) is 3.91. The molecule has 0 aliphatic heterocycles. The summed E-state index contributed by atoms with van der Waals surface area (Å²) >= 11 is 3.30. The molecule has 0 aliphatic rings. The van der Waals surface area contributed by atoms with Crippen LogP contribution in [0.25, 0.3) is 0 Å². The molecule has 1 aromatic heterocycles. The lowest BCUT2D eigenvalue weighted by molar-refractivity contribution is 0.102. The highest BCUT2D eigenvalue weighted by Gasteiger charge is 2.22. The van der Waals surface area contributed by atoms with Crippen molar-refractivity contribution in [3.63, 3.8) is 0 Å². The zero-order valence-corrected chi connectivity index (χ0v) is 12.5. The van der Waals surface area contributed by atoms with E-state index in [2.05, 4.69) is 21.0 Å². The topological polar surface area (TPSA) is 34.9 Å². The fourth-order valence-corrected chi connectivity index (χ4v) is 2.34. The minimum Gasteiger partial charge on any atom is -0.287 e. The number of aromatic nitrogens is 2. The summed E-state index contributed by atoms with van der Waals surface area (Å²) in [4.78, 5) is 12.5. The highest BCUT2D eigenvalue weighted by atomic mass is 79.9. The maximum Gasteiger partial charge on any atom is 0.215 e. The van der Waals surface area contributed by atoms with Crippen LogP contribution in [0, 0.1) is 12.7 Å². The Bertz CT molecular complexity index is 634. The van der Waals surface area contributed by atoms with Gasteiger partial charge in [-0.3, -0.25) is 9.48 Å². The van der Waals surface area contributed by atoms with E-state index in [1.807, 2.05) is 20.8 Å². The van der Waals surface area contributed by atoms with Crippen LogP contribution >= 0.6 is 15.9 Å². The van der Waals surface area contributed by atoms with Gasteiger partial charge in [-0.15, -0.1) is 0 Å². The minimum absolute atomic E-state index is 0.0260. The van der Waals surface area contributed by atoms with Crippen LogP contribution in [0.4, 0.5) is 4.39 Å². The Morgan fingerprint density at radius 2 is 2.11 bits per heavy atom. The van der Waals surface area contributed by atoms with Gasteiger partial charge in [-0.2, -0.15) is 5.10 Å². The van der Waals surface area contributed by atoms with E-state index in [0.29, 0.717) is 10.2 Å². The lowest BCUT2D eigenvalue weighted by Gasteiger charge is -2.11. The largest absolute Gasteiger partial charge is 0.287 e. The van der Waals surface area contributed by atoms with Crippen molar-refractivity contribution in [2.75, 3.05) is 0 Å². The Labute approximate surface area is 119 Å². The molecule has 1 heterocycles. The van der Waals surface area contributed by atoms with Gasteiger partial charge in [0.2, 0.25) is 5.78 Å². The van der Waals surface area contributed by atoms with E-state index in [1.54, 1.807) is 23.0 Å². The first kappa shape index (κ1) is 13.9. The third-order valence-corrected chi connectivity index (χ3v) is 3.40. The van der Waals surface area contributed by atoms with Crippen LogP contribution in [0.15, 0.2) is 28.9 Å². The highest BCUT2D eigenvalue weighted by molar-refractivity contribution is 9.10. The first-order valence-electron chi connectivity index (χ1n) is 5.95. The van der Waals surface area contributed by atoms with E-state index in [1.165, 1.54) is 6.07 Å². The number of halogens is 2. The molecule has 3 nitrogen and oxygen atoms in total. The number of ketones is 1. The normalized spacial score (nSPS) is 11.1. The summed E-state index contributed by atoms with van der Waals surface area (Å²) in [7, 11) is 0. The molecule has 19 heavy (non-hydrogen) atoms. The number of hydrogen-bond donors (Lipinski definition) is 0.